The molecule has 0 aromatic carbocycles. The second-order valence-electron chi connectivity index (χ2n) is 6.15. The number of nitrogens with two attached hydrogens (primary N) is 1. The molecule has 2 N–H and O–H groups in total. The van der Waals surface area contributed by atoms with Gasteiger partial charge in [0, 0.05) is 7.11 Å². The Hall–Kier alpha value is -0.940. The highest BCUT2D eigenvalue weighted by molar-refractivity contribution is 5.07. The van der Waals surface area contributed by atoms with Crippen molar-refractivity contribution in [1.82, 2.24) is 10.1 Å². The Morgan fingerprint density at radius 3 is 2.47 bits per heavy atom. The standard InChI is InChI=1S/C14H23N3O2/c1-18-13(6-5-7-13)10-11-16-12(17-19-11)14(15)8-3-2-4-9-14/h2-10,15H2,1H3. The van der Waals surface area contributed by atoms with Crippen LogP contribution in [0.3, 0.4) is 0 Å². The molecule has 106 valence electrons. The minimum absolute atomic E-state index is 0.0713. The molecule has 0 radical (unpaired) electrons. The van der Waals surface area contributed by atoms with Crippen molar-refractivity contribution in [2.45, 2.75) is 68.9 Å². The lowest BCUT2D eigenvalue weighted by molar-refractivity contribution is -0.0751. The zero-order valence-electron chi connectivity index (χ0n) is 11.7. The van der Waals surface area contributed by atoms with E-state index in [4.69, 9.17) is 15.0 Å². The van der Waals surface area contributed by atoms with Crippen LogP contribution < -0.4 is 5.73 Å². The molecule has 0 amide bonds. The van der Waals surface area contributed by atoms with Crippen LogP contribution in [0.4, 0.5) is 0 Å². The van der Waals surface area contributed by atoms with Crippen LogP contribution in [0.5, 0.6) is 0 Å². The normalized spacial score (nSPS) is 24.9. The molecule has 0 atom stereocenters. The summed E-state index contributed by atoms with van der Waals surface area (Å²) in [5.74, 6) is 1.36. The first kappa shape index (κ1) is 13.1. The van der Waals surface area contributed by atoms with Gasteiger partial charge in [-0.2, -0.15) is 4.98 Å². The van der Waals surface area contributed by atoms with Gasteiger partial charge in [0.1, 0.15) is 0 Å². The van der Waals surface area contributed by atoms with Crippen molar-refractivity contribution in [2.75, 3.05) is 7.11 Å². The molecule has 1 heterocycles. The van der Waals surface area contributed by atoms with Crippen molar-refractivity contribution in [1.29, 1.82) is 0 Å². The number of ether oxygens (including phenoxy) is 1. The molecule has 0 aliphatic heterocycles. The second kappa shape index (κ2) is 4.87. The van der Waals surface area contributed by atoms with Gasteiger partial charge >= 0.3 is 0 Å². The third-order valence-electron chi connectivity index (χ3n) is 4.83. The van der Waals surface area contributed by atoms with E-state index in [9.17, 15) is 0 Å². The van der Waals surface area contributed by atoms with E-state index in [1.807, 2.05) is 0 Å². The summed E-state index contributed by atoms with van der Waals surface area (Å²) in [6.07, 6.45) is 9.58. The summed E-state index contributed by atoms with van der Waals surface area (Å²) in [7, 11) is 1.77. The maximum atomic E-state index is 6.42. The lowest BCUT2D eigenvalue weighted by Crippen LogP contribution is -2.41. The summed E-state index contributed by atoms with van der Waals surface area (Å²) in [5.41, 5.74) is 5.97. The molecule has 1 aromatic heterocycles. The molecule has 19 heavy (non-hydrogen) atoms. The van der Waals surface area contributed by atoms with Gasteiger partial charge < -0.3 is 15.0 Å². The van der Waals surface area contributed by atoms with Crippen LogP contribution >= 0.6 is 0 Å². The van der Waals surface area contributed by atoms with Crippen LogP contribution in [0, 0.1) is 0 Å². The largest absolute Gasteiger partial charge is 0.378 e. The first-order valence-corrected chi connectivity index (χ1v) is 7.33. The smallest absolute Gasteiger partial charge is 0.229 e. The van der Waals surface area contributed by atoms with Gasteiger partial charge in [-0.1, -0.05) is 24.4 Å². The highest BCUT2D eigenvalue weighted by Gasteiger charge is 2.40. The van der Waals surface area contributed by atoms with Gasteiger partial charge in [0.05, 0.1) is 17.6 Å². The first-order chi connectivity index (χ1) is 9.16. The quantitative estimate of drug-likeness (QED) is 0.904. The molecule has 5 nitrogen and oxygen atoms in total. The number of nitrogens with zero attached hydrogens (tertiary/aromatic N) is 2. The van der Waals surface area contributed by atoms with Crippen molar-refractivity contribution in [2.24, 2.45) is 5.73 Å². The molecule has 3 rings (SSSR count). The molecule has 1 aromatic rings. The minimum Gasteiger partial charge on any atom is -0.378 e. The van der Waals surface area contributed by atoms with Crippen LogP contribution in [0.25, 0.3) is 0 Å². The molecule has 0 unspecified atom stereocenters. The first-order valence-electron chi connectivity index (χ1n) is 7.33. The third-order valence-corrected chi connectivity index (χ3v) is 4.83. The number of methoxy groups -OCH3 is 1. The van der Waals surface area contributed by atoms with E-state index in [0.29, 0.717) is 18.1 Å². The van der Waals surface area contributed by atoms with Crippen LogP contribution in [0.1, 0.15) is 63.1 Å². The van der Waals surface area contributed by atoms with E-state index >= 15 is 0 Å². The Morgan fingerprint density at radius 1 is 1.16 bits per heavy atom. The van der Waals surface area contributed by atoms with Gasteiger partial charge in [0.15, 0.2) is 5.82 Å². The lowest BCUT2D eigenvalue weighted by Gasteiger charge is -2.39. The zero-order valence-corrected chi connectivity index (χ0v) is 11.7. The maximum absolute atomic E-state index is 6.42. The predicted octanol–water partition coefficient (Wildman–Crippen LogP) is 2.30. The molecule has 2 aliphatic rings. The molecule has 2 saturated carbocycles. The topological polar surface area (TPSA) is 74.2 Å². The second-order valence-corrected chi connectivity index (χ2v) is 6.15. The minimum atomic E-state index is -0.375. The zero-order chi connectivity index (χ0) is 13.3. The number of hydrogen-bond acceptors (Lipinski definition) is 5. The van der Waals surface area contributed by atoms with E-state index in [1.54, 1.807) is 7.11 Å². The number of aromatic nitrogens is 2. The predicted molar refractivity (Wildman–Crippen MR) is 70.5 cm³/mol. The van der Waals surface area contributed by atoms with E-state index in [1.165, 1.54) is 12.8 Å². The lowest BCUT2D eigenvalue weighted by atomic mass is 9.77. The van der Waals surface area contributed by atoms with Gasteiger partial charge in [0.2, 0.25) is 5.89 Å². The van der Waals surface area contributed by atoms with Crippen molar-refractivity contribution in [3.05, 3.63) is 11.7 Å². The van der Waals surface area contributed by atoms with Gasteiger partial charge in [-0.3, -0.25) is 0 Å². The number of hydrogen-bond donors (Lipinski definition) is 1. The molecule has 2 fully saturated rings. The summed E-state index contributed by atoms with van der Waals surface area (Å²) in [5, 5.41) is 4.12. The fourth-order valence-electron chi connectivity index (χ4n) is 3.23. The van der Waals surface area contributed by atoms with E-state index in [0.717, 1.165) is 38.5 Å². The van der Waals surface area contributed by atoms with Crippen molar-refractivity contribution >= 4 is 0 Å². The Labute approximate surface area is 113 Å². The monoisotopic (exact) mass is 265 g/mol. The SMILES string of the molecule is COC1(Cc2nc(C3(N)CCCCC3)no2)CCC1. The van der Waals surface area contributed by atoms with Gasteiger partial charge in [-0.05, 0) is 32.1 Å². The summed E-state index contributed by atoms with van der Waals surface area (Å²) in [6, 6.07) is 0. The van der Waals surface area contributed by atoms with Gasteiger partial charge in [-0.25, -0.2) is 0 Å². The molecule has 0 bridgehead atoms. The Kier molecular flexibility index (Phi) is 3.35. The molecule has 5 heteroatoms. The van der Waals surface area contributed by atoms with Crippen molar-refractivity contribution in [3.63, 3.8) is 0 Å². The average molecular weight is 265 g/mol. The summed E-state index contributed by atoms with van der Waals surface area (Å²) in [4.78, 5) is 4.54. The highest BCUT2D eigenvalue weighted by atomic mass is 16.5. The molecule has 2 aliphatic carbocycles. The van der Waals surface area contributed by atoms with Crippen LogP contribution in [-0.4, -0.2) is 22.9 Å². The van der Waals surface area contributed by atoms with E-state index < -0.39 is 0 Å². The Balaban J connectivity index is 1.72. The van der Waals surface area contributed by atoms with Crippen LogP contribution in [-0.2, 0) is 16.7 Å². The summed E-state index contributed by atoms with van der Waals surface area (Å²) in [6.45, 7) is 0. The maximum Gasteiger partial charge on any atom is 0.229 e. The summed E-state index contributed by atoms with van der Waals surface area (Å²) >= 11 is 0. The molecule has 0 saturated heterocycles. The number of rotatable bonds is 4. The third kappa shape index (κ3) is 2.41. The van der Waals surface area contributed by atoms with E-state index in [-0.39, 0.29) is 11.1 Å². The fourth-order valence-corrected chi connectivity index (χ4v) is 3.23. The van der Waals surface area contributed by atoms with Gasteiger partial charge in [0.25, 0.3) is 0 Å². The average Bonchev–Trinajstić information content (AvgIpc) is 2.84. The highest BCUT2D eigenvalue weighted by Crippen LogP contribution is 2.38. The molecular weight excluding hydrogens is 242 g/mol. The van der Waals surface area contributed by atoms with Crippen molar-refractivity contribution in [3.8, 4) is 0 Å². The van der Waals surface area contributed by atoms with Crippen molar-refractivity contribution < 1.29 is 9.26 Å². The molecule has 0 spiro atoms. The Bertz CT molecular complexity index is 428. The Morgan fingerprint density at radius 2 is 1.89 bits per heavy atom. The summed E-state index contributed by atoms with van der Waals surface area (Å²) < 4.78 is 11.0. The molecular formula is C14H23N3O2. The van der Waals surface area contributed by atoms with Crippen LogP contribution in [0.2, 0.25) is 0 Å². The van der Waals surface area contributed by atoms with E-state index in [2.05, 4.69) is 10.1 Å². The fraction of sp³-hybridized carbons (Fsp3) is 0.857. The van der Waals surface area contributed by atoms with Gasteiger partial charge in [-0.15, -0.1) is 0 Å². The van der Waals surface area contributed by atoms with Crippen LogP contribution in [0.15, 0.2) is 4.52 Å².